The highest BCUT2D eigenvalue weighted by Gasteiger charge is 2.29. The predicted octanol–water partition coefficient (Wildman–Crippen LogP) is 0.561. The van der Waals surface area contributed by atoms with E-state index in [0.717, 1.165) is 0 Å². The van der Waals surface area contributed by atoms with Crippen molar-refractivity contribution in [3.05, 3.63) is 21.9 Å². The molecule has 15 heavy (non-hydrogen) atoms. The third-order valence-corrected chi connectivity index (χ3v) is 3.38. The van der Waals surface area contributed by atoms with Gasteiger partial charge in [-0.25, -0.2) is 0 Å². The average Bonchev–Trinajstić information content (AvgIpc) is 2.70. The largest absolute Gasteiger partial charge is 0.301 e. The van der Waals surface area contributed by atoms with E-state index >= 15 is 0 Å². The Hall–Kier alpha value is -1.20. The van der Waals surface area contributed by atoms with Crippen molar-refractivity contribution in [2.24, 2.45) is 0 Å². The molecule has 1 fully saturated rings. The van der Waals surface area contributed by atoms with Crippen molar-refractivity contribution < 1.29 is 9.59 Å². The second-order valence-corrected chi connectivity index (χ2v) is 4.37. The maximum Gasteiger partial charge on any atom is 0.244 e. The third-order valence-electron chi connectivity index (χ3n) is 2.47. The highest BCUT2D eigenvalue weighted by Crippen LogP contribution is 2.14. The molecule has 1 aliphatic rings. The van der Waals surface area contributed by atoms with Gasteiger partial charge in [0, 0.05) is 6.54 Å². The van der Waals surface area contributed by atoms with Crippen LogP contribution in [0.2, 0.25) is 0 Å². The summed E-state index contributed by atoms with van der Waals surface area (Å²) in [6, 6.07) is -0.364. The van der Waals surface area contributed by atoms with E-state index in [4.69, 9.17) is 0 Å². The molecular weight excluding hydrogens is 212 g/mol. The highest BCUT2D eigenvalue weighted by atomic mass is 32.1. The lowest BCUT2D eigenvalue weighted by Gasteiger charge is -2.08. The summed E-state index contributed by atoms with van der Waals surface area (Å²) in [4.78, 5) is 22.2. The molecule has 2 amide bonds. The lowest BCUT2D eigenvalue weighted by atomic mass is 10.2. The molecule has 1 aliphatic heterocycles. The van der Waals surface area contributed by atoms with Gasteiger partial charge in [-0.1, -0.05) is 0 Å². The predicted molar refractivity (Wildman–Crippen MR) is 57.5 cm³/mol. The van der Waals surface area contributed by atoms with Crippen molar-refractivity contribution >= 4 is 23.2 Å². The molecule has 0 spiro atoms. The lowest BCUT2D eigenvalue weighted by molar-refractivity contribution is -0.125. The standard InChI is InChI=1S/C10H12N2O2S/c1-6-4-15-5-7(6)3-11-8-2-9(13)12-10(8)14/h4-5,8,11H,2-3H2,1H3,(H,12,13,14). The van der Waals surface area contributed by atoms with Crippen LogP contribution in [0.5, 0.6) is 0 Å². The van der Waals surface area contributed by atoms with Crippen LogP contribution in [0.1, 0.15) is 17.5 Å². The Morgan fingerprint density at radius 2 is 2.33 bits per heavy atom. The fourth-order valence-electron chi connectivity index (χ4n) is 1.52. The summed E-state index contributed by atoms with van der Waals surface area (Å²) < 4.78 is 0. The van der Waals surface area contributed by atoms with Crippen molar-refractivity contribution in [3.8, 4) is 0 Å². The summed E-state index contributed by atoms with van der Waals surface area (Å²) in [5.41, 5.74) is 2.41. The Morgan fingerprint density at radius 3 is 2.87 bits per heavy atom. The first kappa shape index (κ1) is 10.3. The molecule has 0 radical (unpaired) electrons. The molecule has 4 nitrogen and oxygen atoms in total. The molecule has 5 heteroatoms. The van der Waals surface area contributed by atoms with Crippen LogP contribution in [0.4, 0.5) is 0 Å². The van der Waals surface area contributed by atoms with Crippen LogP contribution in [0.3, 0.4) is 0 Å². The molecule has 0 bridgehead atoms. The van der Waals surface area contributed by atoms with Gasteiger partial charge >= 0.3 is 0 Å². The highest BCUT2D eigenvalue weighted by molar-refractivity contribution is 7.08. The number of amides is 2. The first-order valence-corrected chi connectivity index (χ1v) is 5.70. The van der Waals surface area contributed by atoms with E-state index in [1.807, 2.05) is 6.92 Å². The zero-order valence-electron chi connectivity index (χ0n) is 8.37. The number of carbonyl (C=O) groups excluding carboxylic acids is 2. The average molecular weight is 224 g/mol. The minimum Gasteiger partial charge on any atom is -0.301 e. The molecule has 80 valence electrons. The topological polar surface area (TPSA) is 58.2 Å². The van der Waals surface area contributed by atoms with E-state index in [2.05, 4.69) is 21.4 Å². The summed E-state index contributed by atoms with van der Waals surface area (Å²) in [6.07, 6.45) is 0.252. The normalized spacial score (nSPS) is 20.7. The number of imide groups is 1. The first-order valence-electron chi connectivity index (χ1n) is 4.75. The minimum absolute atomic E-state index is 0.195. The Morgan fingerprint density at radius 1 is 1.53 bits per heavy atom. The van der Waals surface area contributed by atoms with Crippen molar-refractivity contribution in [2.45, 2.75) is 25.9 Å². The van der Waals surface area contributed by atoms with Crippen molar-refractivity contribution in [2.75, 3.05) is 0 Å². The Balaban J connectivity index is 1.91. The van der Waals surface area contributed by atoms with Gasteiger partial charge in [0.05, 0.1) is 12.5 Å². The zero-order valence-corrected chi connectivity index (χ0v) is 9.19. The van der Waals surface area contributed by atoms with E-state index in [0.29, 0.717) is 6.54 Å². The Labute approximate surface area is 91.7 Å². The minimum atomic E-state index is -0.364. The maximum absolute atomic E-state index is 11.2. The second-order valence-electron chi connectivity index (χ2n) is 3.63. The molecule has 2 N–H and O–H groups in total. The van der Waals surface area contributed by atoms with Gasteiger partial charge in [0.2, 0.25) is 11.8 Å². The molecule has 2 heterocycles. The first-order chi connectivity index (χ1) is 7.16. The van der Waals surface area contributed by atoms with Gasteiger partial charge in [0.15, 0.2) is 0 Å². The molecule has 0 saturated carbocycles. The Kier molecular flexibility index (Phi) is 2.83. The summed E-state index contributed by atoms with van der Waals surface area (Å²) in [7, 11) is 0. The number of nitrogens with one attached hydrogen (secondary N) is 2. The summed E-state index contributed by atoms with van der Waals surface area (Å²) >= 11 is 1.64. The molecular formula is C10H12N2O2S. The lowest BCUT2D eigenvalue weighted by Crippen LogP contribution is -2.35. The third kappa shape index (κ3) is 2.24. The summed E-state index contributed by atoms with van der Waals surface area (Å²) in [6.45, 7) is 2.67. The second kappa shape index (κ2) is 4.12. The van der Waals surface area contributed by atoms with E-state index in [-0.39, 0.29) is 24.3 Å². The van der Waals surface area contributed by atoms with Gasteiger partial charge in [0.1, 0.15) is 0 Å². The maximum atomic E-state index is 11.2. The number of hydrogen-bond donors (Lipinski definition) is 2. The SMILES string of the molecule is Cc1cscc1CNC1CC(=O)NC1=O. The van der Waals surface area contributed by atoms with Gasteiger partial charge < -0.3 is 5.32 Å². The summed E-state index contributed by atoms with van der Waals surface area (Å²) in [5.74, 6) is -0.410. The van der Waals surface area contributed by atoms with Gasteiger partial charge in [-0.15, -0.1) is 0 Å². The molecule has 0 aliphatic carbocycles. The number of rotatable bonds is 3. The van der Waals surface area contributed by atoms with Crippen LogP contribution in [-0.4, -0.2) is 17.9 Å². The molecule has 1 saturated heterocycles. The van der Waals surface area contributed by atoms with Crippen LogP contribution in [0.25, 0.3) is 0 Å². The summed E-state index contributed by atoms with van der Waals surface area (Å²) in [5, 5.41) is 9.47. The van der Waals surface area contributed by atoms with Crippen molar-refractivity contribution in [1.82, 2.24) is 10.6 Å². The molecule has 1 unspecified atom stereocenters. The van der Waals surface area contributed by atoms with Gasteiger partial charge in [-0.3, -0.25) is 14.9 Å². The molecule has 1 aromatic heterocycles. The fraction of sp³-hybridized carbons (Fsp3) is 0.400. The number of hydrogen-bond acceptors (Lipinski definition) is 4. The van der Waals surface area contributed by atoms with Crippen LogP contribution in [0.15, 0.2) is 10.8 Å². The quantitative estimate of drug-likeness (QED) is 0.738. The molecule has 0 aromatic carbocycles. The molecule has 1 aromatic rings. The van der Waals surface area contributed by atoms with E-state index in [1.54, 1.807) is 11.3 Å². The van der Waals surface area contributed by atoms with Crippen LogP contribution >= 0.6 is 11.3 Å². The smallest absolute Gasteiger partial charge is 0.244 e. The molecule has 1 atom stereocenters. The number of aryl methyl sites for hydroxylation is 1. The van der Waals surface area contributed by atoms with Crippen LogP contribution in [0, 0.1) is 6.92 Å². The Bertz CT molecular complexity index is 400. The van der Waals surface area contributed by atoms with Crippen LogP contribution < -0.4 is 10.6 Å². The number of carbonyl (C=O) groups is 2. The zero-order chi connectivity index (χ0) is 10.8. The molecule has 2 rings (SSSR count). The van der Waals surface area contributed by atoms with E-state index < -0.39 is 0 Å². The number of thiophene rings is 1. The van der Waals surface area contributed by atoms with Gasteiger partial charge in [-0.2, -0.15) is 11.3 Å². The van der Waals surface area contributed by atoms with Crippen LogP contribution in [-0.2, 0) is 16.1 Å². The van der Waals surface area contributed by atoms with E-state index in [9.17, 15) is 9.59 Å². The van der Waals surface area contributed by atoms with Gasteiger partial charge in [-0.05, 0) is 28.8 Å². The van der Waals surface area contributed by atoms with Crippen molar-refractivity contribution in [3.63, 3.8) is 0 Å². The van der Waals surface area contributed by atoms with E-state index in [1.165, 1.54) is 11.1 Å². The monoisotopic (exact) mass is 224 g/mol. The fourth-order valence-corrected chi connectivity index (χ4v) is 2.38. The van der Waals surface area contributed by atoms with Gasteiger partial charge in [0.25, 0.3) is 0 Å². The van der Waals surface area contributed by atoms with Crippen molar-refractivity contribution in [1.29, 1.82) is 0 Å².